The third-order valence-corrected chi connectivity index (χ3v) is 8.06. The molecule has 4 nitrogen and oxygen atoms in total. The van der Waals surface area contributed by atoms with Crippen molar-refractivity contribution in [2.45, 2.75) is 42.8 Å². The fourth-order valence-corrected chi connectivity index (χ4v) is 6.24. The Morgan fingerprint density at radius 2 is 1.72 bits per heavy atom. The summed E-state index contributed by atoms with van der Waals surface area (Å²) >= 11 is 4.53. The summed E-state index contributed by atoms with van der Waals surface area (Å²) in [6, 6.07) is 10.7. The molecule has 3 aliphatic rings. The third kappa shape index (κ3) is 5.90. The predicted molar refractivity (Wildman–Crippen MR) is 142 cm³/mol. The molecule has 0 spiro atoms. The molecule has 2 N–H and O–H groups in total. The normalized spacial score (nSPS) is 24.9. The minimum Gasteiger partial charge on any atom is -0.361 e. The zero-order chi connectivity index (χ0) is 27.9. The molecule has 0 aliphatic carbocycles. The Bertz CT molecular complexity index is 1310. The number of piperidine rings is 3. The molecule has 3 saturated heterocycles. The first-order chi connectivity index (χ1) is 18.4. The molecule has 3 aliphatic heterocycles. The number of alkyl halides is 6. The Labute approximate surface area is 227 Å². The molecule has 11 heteroatoms. The van der Waals surface area contributed by atoms with Crippen molar-refractivity contribution in [2.24, 2.45) is 11.8 Å². The number of fused-ring (bicyclic) bond motifs is 4. The number of benzene rings is 2. The molecule has 0 saturated carbocycles. The van der Waals surface area contributed by atoms with Crippen molar-refractivity contribution in [1.82, 2.24) is 15.2 Å². The molecule has 5 unspecified atom stereocenters. The summed E-state index contributed by atoms with van der Waals surface area (Å²) in [5.41, 5.74) is -2.33. The molecule has 1 aromatic heterocycles. The smallest absolute Gasteiger partial charge is 0.361 e. The van der Waals surface area contributed by atoms with Gasteiger partial charge in [-0.25, -0.2) is 0 Å². The van der Waals surface area contributed by atoms with E-state index in [0.29, 0.717) is 24.0 Å². The average molecular weight is 567 g/mol. The number of rotatable bonds is 7. The first-order valence-electron chi connectivity index (χ1n) is 12.6. The van der Waals surface area contributed by atoms with E-state index in [2.05, 4.69) is 39.7 Å². The maximum atomic E-state index is 13.4. The van der Waals surface area contributed by atoms with Gasteiger partial charge >= 0.3 is 12.4 Å². The van der Waals surface area contributed by atoms with Crippen molar-refractivity contribution in [1.29, 1.82) is 0 Å². The molecule has 3 aromatic rings. The summed E-state index contributed by atoms with van der Waals surface area (Å²) in [5, 5.41) is 7.01. The number of thiol groups is 1. The van der Waals surface area contributed by atoms with Crippen molar-refractivity contribution < 1.29 is 26.3 Å². The number of hydrogen-bond donors (Lipinski definition) is 3. The van der Waals surface area contributed by atoms with E-state index in [1.165, 1.54) is 0 Å². The largest absolute Gasteiger partial charge is 0.416 e. The van der Waals surface area contributed by atoms with Crippen LogP contribution < -0.4 is 10.6 Å². The van der Waals surface area contributed by atoms with Gasteiger partial charge in [0.05, 0.1) is 22.7 Å². The van der Waals surface area contributed by atoms with Gasteiger partial charge in [-0.05, 0) is 67.1 Å². The molecule has 2 bridgehead atoms. The number of nitrogens with zero attached hydrogens (tertiary/aromatic N) is 2. The highest BCUT2D eigenvalue weighted by Crippen LogP contribution is 2.43. The minimum absolute atomic E-state index is 0.0365. The van der Waals surface area contributed by atoms with Gasteiger partial charge in [-0.2, -0.15) is 26.3 Å². The zero-order valence-electron chi connectivity index (χ0n) is 20.8. The summed E-state index contributed by atoms with van der Waals surface area (Å²) in [6.45, 7) is 5.72. The van der Waals surface area contributed by atoms with E-state index in [0.717, 1.165) is 42.4 Å². The minimum atomic E-state index is -4.94. The summed E-state index contributed by atoms with van der Waals surface area (Å²) in [4.78, 5) is 6.83. The van der Waals surface area contributed by atoms with Gasteiger partial charge in [0, 0.05) is 29.9 Å². The van der Waals surface area contributed by atoms with Crippen LogP contribution in [0.2, 0.25) is 0 Å². The van der Waals surface area contributed by atoms with Crippen molar-refractivity contribution >= 4 is 29.2 Å². The van der Waals surface area contributed by atoms with E-state index in [-0.39, 0.29) is 23.8 Å². The molecule has 3 fully saturated rings. The maximum absolute atomic E-state index is 13.4. The summed E-state index contributed by atoms with van der Waals surface area (Å²) < 4.78 is 80.4. The molecule has 4 heterocycles. The first kappa shape index (κ1) is 27.8. The highest BCUT2D eigenvalue weighted by molar-refractivity contribution is 7.81. The molecule has 39 heavy (non-hydrogen) atoms. The van der Waals surface area contributed by atoms with Gasteiger partial charge in [-0.3, -0.25) is 15.2 Å². The molecular weight excluding hydrogens is 538 g/mol. The maximum Gasteiger partial charge on any atom is 0.416 e. The lowest BCUT2D eigenvalue weighted by molar-refractivity contribution is -0.143. The topological polar surface area (TPSA) is 40.2 Å². The van der Waals surface area contributed by atoms with Gasteiger partial charge in [0.15, 0.2) is 0 Å². The van der Waals surface area contributed by atoms with E-state index in [1.54, 1.807) is 6.20 Å². The Morgan fingerprint density at radius 1 is 1.03 bits per heavy atom. The van der Waals surface area contributed by atoms with Crippen LogP contribution in [0.5, 0.6) is 0 Å². The number of pyridine rings is 1. The van der Waals surface area contributed by atoms with E-state index in [9.17, 15) is 26.3 Å². The third-order valence-electron chi connectivity index (χ3n) is 7.79. The van der Waals surface area contributed by atoms with E-state index in [4.69, 9.17) is 0 Å². The van der Waals surface area contributed by atoms with E-state index < -0.39 is 29.0 Å². The number of aromatic nitrogens is 1. The standard InChI is InChI=1S/C28H28F6N4S/c1-2-16-15-38-10-8-17(16)11-24(38)25(22-7-9-35-23-6-4-3-5-21(22)23)37-26(39)36-20-13-18(27(29,30)31)12-19(14-20)28(32,33)34/h2-7,9,12-14,16-17,24-26,36-37,39H,1,8,10-11,15H2/t16?,17?,24?,25-,26?/m0/s1. The van der Waals surface area contributed by atoms with Crippen LogP contribution in [0.3, 0.4) is 0 Å². The second kappa shape index (κ2) is 10.7. The van der Waals surface area contributed by atoms with Gasteiger partial charge in [0.2, 0.25) is 0 Å². The molecular formula is C28H28F6N4S. The molecule has 2 aromatic carbocycles. The van der Waals surface area contributed by atoms with Gasteiger partial charge in [0.1, 0.15) is 5.50 Å². The molecule has 0 amide bonds. The highest BCUT2D eigenvalue weighted by atomic mass is 32.1. The van der Waals surface area contributed by atoms with Crippen LogP contribution in [-0.2, 0) is 12.4 Å². The lowest BCUT2D eigenvalue weighted by atomic mass is 9.73. The van der Waals surface area contributed by atoms with Crippen LogP contribution in [-0.4, -0.2) is 34.5 Å². The zero-order valence-corrected chi connectivity index (χ0v) is 21.7. The SMILES string of the molecule is C=CC1CN2CCC1CC2[C@@H](NC(S)Nc1cc(C(F)(F)F)cc(C(F)(F)F)c1)c1ccnc2ccccc12. The number of para-hydroxylation sites is 1. The van der Waals surface area contributed by atoms with Gasteiger partial charge in [0.25, 0.3) is 0 Å². The van der Waals surface area contributed by atoms with Gasteiger partial charge in [-0.1, -0.05) is 24.3 Å². The molecule has 208 valence electrons. The number of nitrogens with one attached hydrogen (secondary N) is 2. The second-order valence-electron chi connectivity index (χ2n) is 10.1. The Kier molecular flexibility index (Phi) is 7.60. The van der Waals surface area contributed by atoms with E-state index >= 15 is 0 Å². The number of hydrogen-bond acceptors (Lipinski definition) is 5. The van der Waals surface area contributed by atoms with Crippen LogP contribution in [0, 0.1) is 11.8 Å². The quantitative estimate of drug-likeness (QED) is 0.123. The van der Waals surface area contributed by atoms with Crippen LogP contribution in [0.25, 0.3) is 10.9 Å². The molecule has 6 atom stereocenters. The average Bonchev–Trinajstić information content (AvgIpc) is 2.90. The number of anilines is 1. The lowest BCUT2D eigenvalue weighted by Crippen LogP contribution is -2.58. The summed E-state index contributed by atoms with van der Waals surface area (Å²) in [6.07, 6.45) is -4.26. The Hall–Kier alpha value is -2.76. The van der Waals surface area contributed by atoms with Gasteiger partial charge in [-0.15, -0.1) is 19.2 Å². The van der Waals surface area contributed by atoms with Gasteiger partial charge < -0.3 is 5.32 Å². The van der Waals surface area contributed by atoms with Crippen molar-refractivity contribution in [3.05, 3.63) is 84.1 Å². The second-order valence-corrected chi connectivity index (χ2v) is 10.7. The summed E-state index contributed by atoms with van der Waals surface area (Å²) in [5.74, 6) is 0.819. The van der Waals surface area contributed by atoms with Crippen molar-refractivity contribution in [3.8, 4) is 0 Å². The molecule has 6 rings (SSSR count). The fourth-order valence-electron chi connectivity index (χ4n) is 5.93. The van der Waals surface area contributed by atoms with Crippen molar-refractivity contribution in [2.75, 3.05) is 18.4 Å². The number of halogens is 6. The van der Waals surface area contributed by atoms with E-state index in [1.807, 2.05) is 36.4 Å². The highest BCUT2D eigenvalue weighted by Gasteiger charge is 2.43. The first-order valence-corrected chi connectivity index (χ1v) is 13.2. The predicted octanol–water partition coefficient (Wildman–Crippen LogP) is 7.13. The Morgan fingerprint density at radius 3 is 2.33 bits per heavy atom. The molecule has 0 radical (unpaired) electrons. The van der Waals surface area contributed by atoms with Crippen molar-refractivity contribution in [3.63, 3.8) is 0 Å². The fraction of sp³-hybridized carbons (Fsp3) is 0.393. The van der Waals surface area contributed by atoms with Crippen LogP contribution in [0.15, 0.2) is 67.4 Å². The van der Waals surface area contributed by atoms with Crippen LogP contribution in [0.1, 0.15) is 35.6 Å². The lowest BCUT2D eigenvalue weighted by Gasteiger charge is -2.52. The Balaban J connectivity index is 1.48. The summed E-state index contributed by atoms with van der Waals surface area (Å²) in [7, 11) is 0. The van der Waals surface area contributed by atoms with Crippen LogP contribution in [0.4, 0.5) is 32.0 Å². The monoisotopic (exact) mass is 566 g/mol. The van der Waals surface area contributed by atoms with Crippen LogP contribution >= 0.6 is 12.6 Å².